The summed E-state index contributed by atoms with van der Waals surface area (Å²) < 4.78 is 5.72. The molecule has 0 aliphatic carbocycles. The Bertz CT molecular complexity index is 100. The van der Waals surface area contributed by atoms with Crippen molar-refractivity contribution >= 4 is 0 Å². The quantitative estimate of drug-likeness (QED) is 0.638. The Morgan fingerprint density at radius 1 is 1.42 bits per heavy atom. The molecule has 0 saturated carbocycles. The standard InChI is InChI=1S/C10H21NO/c1-2-3-4-8-12-10-6-5-7-11-9-10/h10-11H,2-9H2,1H3. The van der Waals surface area contributed by atoms with Crippen LogP contribution in [-0.2, 0) is 4.74 Å². The summed E-state index contributed by atoms with van der Waals surface area (Å²) in [7, 11) is 0. The lowest BCUT2D eigenvalue weighted by Crippen LogP contribution is -2.35. The van der Waals surface area contributed by atoms with Gasteiger partial charge in [0.05, 0.1) is 6.10 Å². The van der Waals surface area contributed by atoms with E-state index in [9.17, 15) is 0 Å². The molecule has 1 heterocycles. The highest BCUT2D eigenvalue weighted by atomic mass is 16.5. The van der Waals surface area contributed by atoms with Gasteiger partial charge in [0.25, 0.3) is 0 Å². The van der Waals surface area contributed by atoms with Crippen LogP contribution in [0.2, 0.25) is 0 Å². The van der Waals surface area contributed by atoms with Crippen LogP contribution in [-0.4, -0.2) is 25.8 Å². The average molecular weight is 171 g/mol. The van der Waals surface area contributed by atoms with Gasteiger partial charge >= 0.3 is 0 Å². The van der Waals surface area contributed by atoms with E-state index in [2.05, 4.69) is 12.2 Å². The van der Waals surface area contributed by atoms with Gasteiger partial charge in [-0.05, 0) is 25.8 Å². The molecule has 0 amide bonds. The highest BCUT2D eigenvalue weighted by molar-refractivity contribution is 4.68. The van der Waals surface area contributed by atoms with E-state index in [1.807, 2.05) is 0 Å². The maximum absolute atomic E-state index is 5.72. The van der Waals surface area contributed by atoms with Crippen LogP contribution in [0.25, 0.3) is 0 Å². The van der Waals surface area contributed by atoms with Crippen LogP contribution in [0.15, 0.2) is 0 Å². The Hall–Kier alpha value is -0.0800. The van der Waals surface area contributed by atoms with Gasteiger partial charge in [-0.1, -0.05) is 19.8 Å². The first-order chi connectivity index (χ1) is 5.93. The third-order valence-electron chi connectivity index (χ3n) is 2.35. The van der Waals surface area contributed by atoms with E-state index < -0.39 is 0 Å². The van der Waals surface area contributed by atoms with Gasteiger partial charge in [-0.3, -0.25) is 0 Å². The van der Waals surface area contributed by atoms with Crippen LogP contribution in [0.4, 0.5) is 0 Å². The Balaban J connectivity index is 1.91. The Labute approximate surface area is 75.7 Å². The summed E-state index contributed by atoms with van der Waals surface area (Å²) in [5.74, 6) is 0. The second kappa shape index (κ2) is 6.44. The van der Waals surface area contributed by atoms with Crippen molar-refractivity contribution in [1.82, 2.24) is 5.32 Å². The van der Waals surface area contributed by atoms with Crippen LogP contribution in [0.3, 0.4) is 0 Å². The van der Waals surface area contributed by atoms with Crippen molar-refractivity contribution in [2.45, 2.75) is 45.1 Å². The zero-order valence-corrected chi connectivity index (χ0v) is 8.14. The van der Waals surface area contributed by atoms with Gasteiger partial charge in [0.15, 0.2) is 0 Å². The fraction of sp³-hybridized carbons (Fsp3) is 1.00. The van der Waals surface area contributed by atoms with Crippen LogP contribution in [0, 0.1) is 0 Å². The zero-order chi connectivity index (χ0) is 8.65. The van der Waals surface area contributed by atoms with Crippen LogP contribution in [0.5, 0.6) is 0 Å². The minimum Gasteiger partial charge on any atom is -0.377 e. The first-order valence-corrected chi connectivity index (χ1v) is 5.26. The predicted octanol–water partition coefficient (Wildman–Crippen LogP) is 1.95. The molecule has 0 bridgehead atoms. The molecule has 1 unspecified atom stereocenters. The average Bonchev–Trinajstić information content (AvgIpc) is 2.14. The van der Waals surface area contributed by atoms with Crippen LogP contribution < -0.4 is 5.32 Å². The van der Waals surface area contributed by atoms with Crippen molar-refractivity contribution in [1.29, 1.82) is 0 Å². The molecule has 12 heavy (non-hydrogen) atoms. The first-order valence-electron chi connectivity index (χ1n) is 5.26. The van der Waals surface area contributed by atoms with Gasteiger partial charge in [0.1, 0.15) is 0 Å². The SMILES string of the molecule is CCCCCOC1CCCNC1. The Kier molecular flexibility index (Phi) is 5.37. The lowest BCUT2D eigenvalue weighted by atomic mass is 10.1. The molecule has 0 aromatic rings. The van der Waals surface area contributed by atoms with Gasteiger partial charge in [-0.25, -0.2) is 0 Å². The number of unbranched alkanes of at least 4 members (excludes halogenated alkanes) is 2. The molecule has 1 aliphatic rings. The Morgan fingerprint density at radius 2 is 2.33 bits per heavy atom. The maximum Gasteiger partial charge on any atom is 0.0699 e. The minimum atomic E-state index is 0.496. The molecule has 1 atom stereocenters. The van der Waals surface area contributed by atoms with Gasteiger partial charge in [-0.2, -0.15) is 0 Å². The number of rotatable bonds is 5. The summed E-state index contributed by atoms with van der Waals surface area (Å²) >= 11 is 0. The second-order valence-electron chi connectivity index (χ2n) is 3.55. The van der Waals surface area contributed by atoms with Crippen molar-refractivity contribution in [3.63, 3.8) is 0 Å². The second-order valence-corrected chi connectivity index (χ2v) is 3.55. The lowest BCUT2D eigenvalue weighted by Gasteiger charge is -2.22. The van der Waals surface area contributed by atoms with E-state index in [0.717, 1.165) is 13.2 Å². The predicted molar refractivity (Wildman–Crippen MR) is 51.4 cm³/mol. The summed E-state index contributed by atoms with van der Waals surface area (Å²) in [6, 6.07) is 0. The molecule has 0 radical (unpaired) electrons. The van der Waals surface area contributed by atoms with Crippen LogP contribution >= 0.6 is 0 Å². The summed E-state index contributed by atoms with van der Waals surface area (Å²) in [6.07, 6.45) is 6.84. The van der Waals surface area contributed by atoms with Crippen LogP contribution in [0.1, 0.15) is 39.0 Å². The van der Waals surface area contributed by atoms with Gasteiger partial charge in [0.2, 0.25) is 0 Å². The molecule has 2 heteroatoms. The van der Waals surface area contributed by atoms with Gasteiger partial charge in [-0.15, -0.1) is 0 Å². The molecule has 2 nitrogen and oxygen atoms in total. The van der Waals surface area contributed by atoms with Crippen molar-refractivity contribution in [2.75, 3.05) is 19.7 Å². The maximum atomic E-state index is 5.72. The van der Waals surface area contributed by atoms with E-state index in [1.165, 1.54) is 38.6 Å². The largest absolute Gasteiger partial charge is 0.377 e. The molecule has 0 aromatic carbocycles. The number of ether oxygens (including phenoxy) is 1. The highest BCUT2D eigenvalue weighted by Crippen LogP contribution is 2.06. The molecule has 1 fully saturated rings. The number of hydrogen-bond donors (Lipinski definition) is 1. The van der Waals surface area contributed by atoms with Crippen molar-refractivity contribution in [3.05, 3.63) is 0 Å². The highest BCUT2D eigenvalue weighted by Gasteiger charge is 2.11. The van der Waals surface area contributed by atoms with E-state index in [4.69, 9.17) is 4.74 Å². The summed E-state index contributed by atoms with van der Waals surface area (Å²) in [5.41, 5.74) is 0. The molecule has 1 rings (SSSR count). The van der Waals surface area contributed by atoms with Crippen molar-refractivity contribution in [3.8, 4) is 0 Å². The van der Waals surface area contributed by atoms with E-state index in [1.54, 1.807) is 0 Å². The number of hydrogen-bond acceptors (Lipinski definition) is 2. The molecule has 0 aromatic heterocycles. The van der Waals surface area contributed by atoms with Crippen molar-refractivity contribution in [2.24, 2.45) is 0 Å². The van der Waals surface area contributed by atoms with E-state index in [0.29, 0.717) is 6.10 Å². The van der Waals surface area contributed by atoms with Gasteiger partial charge < -0.3 is 10.1 Å². The smallest absolute Gasteiger partial charge is 0.0699 e. The molecular weight excluding hydrogens is 150 g/mol. The monoisotopic (exact) mass is 171 g/mol. The normalized spacial score (nSPS) is 24.2. The van der Waals surface area contributed by atoms with E-state index >= 15 is 0 Å². The summed E-state index contributed by atoms with van der Waals surface area (Å²) in [4.78, 5) is 0. The molecule has 1 saturated heterocycles. The molecular formula is C10H21NO. The topological polar surface area (TPSA) is 21.3 Å². The molecule has 1 N–H and O–H groups in total. The fourth-order valence-electron chi connectivity index (χ4n) is 1.56. The fourth-order valence-corrected chi connectivity index (χ4v) is 1.56. The van der Waals surface area contributed by atoms with Gasteiger partial charge in [0, 0.05) is 13.2 Å². The first kappa shape index (κ1) is 10.0. The van der Waals surface area contributed by atoms with E-state index in [-0.39, 0.29) is 0 Å². The third-order valence-corrected chi connectivity index (χ3v) is 2.35. The zero-order valence-electron chi connectivity index (χ0n) is 8.14. The van der Waals surface area contributed by atoms with Crippen molar-refractivity contribution < 1.29 is 4.74 Å². The summed E-state index contributed by atoms with van der Waals surface area (Å²) in [5, 5.41) is 3.35. The summed E-state index contributed by atoms with van der Waals surface area (Å²) in [6.45, 7) is 5.42. The minimum absolute atomic E-state index is 0.496. The number of nitrogens with one attached hydrogen (secondary N) is 1. The number of piperidine rings is 1. The lowest BCUT2D eigenvalue weighted by molar-refractivity contribution is 0.0349. The molecule has 0 spiro atoms. The molecule has 72 valence electrons. The molecule has 1 aliphatic heterocycles. The Morgan fingerprint density at radius 3 is 3.00 bits per heavy atom. The third kappa shape index (κ3) is 4.07.